The average molecular weight is 392 g/mol. The van der Waals surface area contributed by atoms with Crippen LogP contribution in [0.1, 0.15) is 38.5 Å². The Hall–Kier alpha value is -1.69. The molecule has 0 bridgehead atoms. The minimum atomic E-state index is -0.102. The lowest BCUT2D eigenvalue weighted by Crippen LogP contribution is -2.39. The maximum Gasteiger partial charge on any atom is 0.261 e. The third-order valence-corrected chi connectivity index (χ3v) is 5.36. The molecule has 6 heteroatoms. The van der Waals surface area contributed by atoms with Gasteiger partial charge in [0.05, 0.1) is 17.2 Å². The van der Waals surface area contributed by atoms with Gasteiger partial charge in [0.2, 0.25) is 5.91 Å². The first kappa shape index (κ1) is 17.1. The highest BCUT2D eigenvalue weighted by Gasteiger charge is 2.21. The van der Waals surface area contributed by atoms with Crippen LogP contribution in [-0.4, -0.2) is 33.4 Å². The number of benzene rings is 1. The van der Waals surface area contributed by atoms with Crippen molar-refractivity contribution in [3.8, 4) is 0 Å². The molecule has 0 saturated heterocycles. The highest BCUT2D eigenvalue weighted by molar-refractivity contribution is 9.10. The molecular formula is C18H22BrN3O2. The van der Waals surface area contributed by atoms with Gasteiger partial charge in [-0.2, -0.15) is 0 Å². The molecule has 0 spiro atoms. The summed E-state index contributed by atoms with van der Waals surface area (Å²) >= 11 is 3.38. The minimum absolute atomic E-state index is 0.100. The molecule has 0 unspecified atom stereocenters. The molecule has 1 saturated carbocycles. The number of amides is 1. The first-order chi connectivity index (χ1) is 11.6. The Bertz CT molecular complexity index is 796. The van der Waals surface area contributed by atoms with Crippen LogP contribution in [0.4, 0.5) is 0 Å². The molecular weight excluding hydrogens is 370 g/mol. The van der Waals surface area contributed by atoms with Crippen molar-refractivity contribution < 1.29 is 4.79 Å². The lowest BCUT2D eigenvalue weighted by Gasteiger charge is -2.31. The van der Waals surface area contributed by atoms with Gasteiger partial charge in [-0.15, -0.1) is 0 Å². The molecule has 0 aliphatic heterocycles. The summed E-state index contributed by atoms with van der Waals surface area (Å²) in [5.41, 5.74) is 0.569. The minimum Gasteiger partial charge on any atom is -0.343 e. The number of rotatable bonds is 4. The second-order valence-corrected chi connectivity index (χ2v) is 7.37. The molecule has 5 nitrogen and oxygen atoms in total. The van der Waals surface area contributed by atoms with Crippen LogP contribution in [0.2, 0.25) is 0 Å². The first-order valence-corrected chi connectivity index (χ1v) is 9.26. The highest BCUT2D eigenvalue weighted by Crippen LogP contribution is 2.22. The largest absolute Gasteiger partial charge is 0.343 e. The van der Waals surface area contributed by atoms with Gasteiger partial charge in [0.1, 0.15) is 0 Å². The van der Waals surface area contributed by atoms with E-state index in [1.165, 1.54) is 30.2 Å². The summed E-state index contributed by atoms with van der Waals surface area (Å²) in [5, 5.41) is 0.569. The number of halogens is 1. The summed E-state index contributed by atoms with van der Waals surface area (Å²) in [7, 11) is 1.89. The van der Waals surface area contributed by atoms with E-state index in [0.717, 1.165) is 17.3 Å². The van der Waals surface area contributed by atoms with E-state index < -0.39 is 0 Å². The van der Waals surface area contributed by atoms with Crippen molar-refractivity contribution in [2.24, 2.45) is 0 Å². The zero-order chi connectivity index (χ0) is 17.1. The summed E-state index contributed by atoms with van der Waals surface area (Å²) in [6.45, 7) is 0.365. The van der Waals surface area contributed by atoms with Crippen molar-refractivity contribution >= 4 is 32.7 Å². The molecule has 1 amide bonds. The molecule has 0 N–H and O–H groups in total. The quantitative estimate of drug-likeness (QED) is 0.802. The lowest BCUT2D eigenvalue weighted by atomic mass is 9.94. The standard InChI is InChI=1S/C18H22BrN3O2/c1-21(14-5-3-2-4-6-14)17(23)9-10-22-12-20-16-8-7-13(19)11-15(16)18(22)24/h7-8,11-12,14H,2-6,9-10H2,1H3. The van der Waals surface area contributed by atoms with Crippen LogP contribution >= 0.6 is 15.9 Å². The number of fused-ring (bicyclic) bond motifs is 1. The van der Waals surface area contributed by atoms with Crippen molar-refractivity contribution in [2.75, 3.05) is 7.05 Å². The molecule has 1 fully saturated rings. The van der Waals surface area contributed by atoms with Crippen LogP contribution in [-0.2, 0) is 11.3 Å². The van der Waals surface area contributed by atoms with Crippen LogP contribution in [0.25, 0.3) is 10.9 Å². The number of carbonyl (C=O) groups excluding carboxylic acids is 1. The van der Waals surface area contributed by atoms with E-state index in [4.69, 9.17) is 0 Å². The molecule has 0 radical (unpaired) electrons. The fourth-order valence-electron chi connectivity index (χ4n) is 3.35. The summed E-state index contributed by atoms with van der Waals surface area (Å²) in [6.07, 6.45) is 7.71. The van der Waals surface area contributed by atoms with Crippen molar-refractivity contribution in [1.29, 1.82) is 0 Å². The Labute approximate surface area is 149 Å². The normalized spacial score (nSPS) is 15.6. The number of carbonyl (C=O) groups is 1. The molecule has 0 atom stereocenters. The van der Waals surface area contributed by atoms with Gasteiger partial charge in [-0.05, 0) is 31.0 Å². The second-order valence-electron chi connectivity index (χ2n) is 6.45. The van der Waals surface area contributed by atoms with Crippen LogP contribution < -0.4 is 5.56 Å². The number of aromatic nitrogens is 2. The zero-order valence-corrected chi connectivity index (χ0v) is 15.5. The van der Waals surface area contributed by atoms with Crippen molar-refractivity contribution in [2.45, 2.75) is 51.1 Å². The van der Waals surface area contributed by atoms with Crippen LogP contribution in [0, 0.1) is 0 Å². The number of hydrogen-bond acceptors (Lipinski definition) is 3. The van der Waals surface area contributed by atoms with E-state index in [-0.39, 0.29) is 11.5 Å². The van der Waals surface area contributed by atoms with Gasteiger partial charge < -0.3 is 4.90 Å². The van der Waals surface area contributed by atoms with Gasteiger partial charge in [-0.3, -0.25) is 14.2 Å². The topological polar surface area (TPSA) is 55.2 Å². The Balaban J connectivity index is 1.70. The molecule has 1 aliphatic rings. The Morgan fingerprint density at radius 1 is 1.33 bits per heavy atom. The number of aryl methyl sites for hydroxylation is 1. The predicted octanol–water partition coefficient (Wildman–Crippen LogP) is 3.34. The molecule has 1 aliphatic carbocycles. The Kier molecular flexibility index (Phi) is 5.33. The van der Waals surface area contributed by atoms with Crippen molar-refractivity contribution in [3.63, 3.8) is 0 Å². The first-order valence-electron chi connectivity index (χ1n) is 8.46. The highest BCUT2D eigenvalue weighted by atomic mass is 79.9. The molecule has 3 rings (SSSR count). The van der Waals surface area contributed by atoms with Gasteiger partial charge in [0.15, 0.2) is 0 Å². The van der Waals surface area contributed by atoms with Gasteiger partial charge in [-0.25, -0.2) is 4.98 Å². The van der Waals surface area contributed by atoms with E-state index in [2.05, 4.69) is 20.9 Å². The molecule has 24 heavy (non-hydrogen) atoms. The zero-order valence-electron chi connectivity index (χ0n) is 13.9. The summed E-state index contributed by atoms with van der Waals surface area (Å²) in [4.78, 5) is 31.2. The van der Waals surface area contributed by atoms with Crippen molar-refractivity contribution in [3.05, 3.63) is 39.4 Å². The molecule has 1 aromatic carbocycles. The monoisotopic (exact) mass is 391 g/mol. The molecule has 1 heterocycles. The summed E-state index contributed by atoms with van der Waals surface area (Å²) in [6, 6.07) is 5.81. The van der Waals surface area contributed by atoms with E-state index >= 15 is 0 Å². The van der Waals surface area contributed by atoms with Crippen molar-refractivity contribution in [1.82, 2.24) is 14.5 Å². The van der Waals surface area contributed by atoms with Crippen LogP contribution in [0.3, 0.4) is 0 Å². The third-order valence-electron chi connectivity index (χ3n) is 4.87. The van der Waals surface area contributed by atoms with Gasteiger partial charge in [0.25, 0.3) is 5.56 Å². The van der Waals surface area contributed by atoms with Crippen LogP contribution in [0.15, 0.2) is 33.8 Å². The third kappa shape index (κ3) is 3.69. The van der Waals surface area contributed by atoms with Gasteiger partial charge >= 0.3 is 0 Å². The fourth-order valence-corrected chi connectivity index (χ4v) is 3.72. The lowest BCUT2D eigenvalue weighted by molar-refractivity contribution is -0.132. The van der Waals surface area contributed by atoms with Crippen LogP contribution in [0.5, 0.6) is 0 Å². The SMILES string of the molecule is CN(C(=O)CCn1cnc2ccc(Br)cc2c1=O)C1CCCCC1. The Morgan fingerprint density at radius 3 is 2.83 bits per heavy atom. The Morgan fingerprint density at radius 2 is 2.08 bits per heavy atom. The maximum absolute atomic E-state index is 12.5. The molecule has 2 aromatic rings. The van der Waals surface area contributed by atoms with Gasteiger partial charge in [0, 0.05) is 30.5 Å². The summed E-state index contributed by atoms with van der Waals surface area (Å²) < 4.78 is 2.38. The number of nitrogens with zero attached hydrogens (tertiary/aromatic N) is 3. The fraction of sp³-hybridized carbons (Fsp3) is 0.500. The number of hydrogen-bond donors (Lipinski definition) is 0. The second kappa shape index (κ2) is 7.47. The van der Waals surface area contributed by atoms with E-state index in [1.54, 1.807) is 6.07 Å². The van der Waals surface area contributed by atoms with Gasteiger partial charge in [-0.1, -0.05) is 35.2 Å². The summed E-state index contributed by atoms with van der Waals surface area (Å²) in [5.74, 6) is 0.100. The smallest absolute Gasteiger partial charge is 0.261 e. The maximum atomic E-state index is 12.5. The average Bonchev–Trinajstić information content (AvgIpc) is 2.61. The molecule has 1 aromatic heterocycles. The van der Waals surface area contributed by atoms with E-state index in [1.807, 2.05) is 24.1 Å². The predicted molar refractivity (Wildman–Crippen MR) is 98.0 cm³/mol. The van der Waals surface area contributed by atoms with E-state index in [9.17, 15) is 9.59 Å². The molecule has 128 valence electrons. The van der Waals surface area contributed by atoms with E-state index in [0.29, 0.717) is 29.9 Å².